The number of carbonyl (C=O) groups excluding carboxylic acids is 1. The molecule has 0 saturated heterocycles. The van der Waals surface area contributed by atoms with Crippen LogP contribution in [0.15, 0.2) is 24.3 Å². The van der Waals surface area contributed by atoms with Gasteiger partial charge in [0, 0.05) is 6.42 Å². The first-order valence-electron chi connectivity index (χ1n) is 28.7. The van der Waals surface area contributed by atoms with Crippen LogP contribution in [0.2, 0.25) is 0 Å². The third-order valence-electron chi connectivity index (χ3n) is 13.2. The van der Waals surface area contributed by atoms with Crippen molar-refractivity contribution >= 4 is 13.7 Å². The Morgan fingerprint density at radius 3 is 1.23 bits per heavy atom. The average molecular weight is 954 g/mol. The Kier molecular flexibility index (Phi) is 48.2. The molecule has 0 aliphatic carbocycles. The average Bonchev–Trinajstić information content (AvgIpc) is 3.28. The molecule has 0 saturated carbocycles. The quantitative estimate of drug-likeness (QED) is 0.0272. The van der Waals surface area contributed by atoms with Gasteiger partial charge in [-0.2, -0.15) is 0 Å². The first kappa shape index (κ1) is 65.0. The lowest BCUT2D eigenvalue weighted by atomic mass is 10.0. The van der Waals surface area contributed by atoms with Crippen LogP contribution in [0, 0.1) is 0 Å². The first-order valence-corrected chi connectivity index (χ1v) is 30.2. The zero-order valence-corrected chi connectivity index (χ0v) is 45.6. The number of hydrogen-bond acceptors (Lipinski definition) is 6. The van der Waals surface area contributed by atoms with Gasteiger partial charge < -0.3 is 28.8 Å². The summed E-state index contributed by atoms with van der Waals surface area (Å²) in [6.45, 7) is 4.66. The Labute approximate surface area is 411 Å². The van der Waals surface area contributed by atoms with Gasteiger partial charge in [0.05, 0.1) is 39.9 Å². The molecule has 66 heavy (non-hydrogen) atoms. The molecule has 0 aromatic heterocycles. The van der Waals surface area contributed by atoms with Crippen LogP contribution in [0.5, 0.6) is 0 Å². The van der Waals surface area contributed by atoms with Crippen LogP contribution in [0.4, 0.5) is 0 Å². The van der Waals surface area contributed by atoms with Gasteiger partial charge in [-0.15, -0.1) is 0 Å². The van der Waals surface area contributed by atoms with Gasteiger partial charge in [0.2, 0.25) is 5.91 Å². The number of quaternary nitrogens is 1. The summed E-state index contributed by atoms with van der Waals surface area (Å²) in [4.78, 5) is 25.4. The molecule has 3 atom stereocenters. The molecule has 9 heteroatoms. The van der Waals surface area contributed by atoms with E-state index in [1.54, 1.807) is 6.08 Å². The molecule has 392 valence electrons. The van der Waals surface area contributed by atoms with E-state index in [0.29, 0.717) is 17.4 Å². The zero-order chi connectivity index (χ0) is 48.5. The number of phosphoric ester groups is 1. The van der Waals surface area contributed by atoms with E-state index in [2.05, 4.69) is 31.3 Å². The Hall–Kier alpha value is -1.02. The molecule has 2 N–H and O–H groups in total. The second-order valence-electron chi connectivity index (χ2n) is 21.0. The van der Waals surface area contributed by atoms with Crippen LogP contribution in [-0.2, 0) is 18.4 Å². The maximum absolute atomic E-state index is 12.9. The molecular weight excluding hydrogens is 840 g/mol. The standard InChI is InChI=1S/C57H113N2O6P/c1-6-8-10-12-14-16-18-20-22-23-24-25-26-27-28-29-30-31-32-33-34-35-37-38-40-42-44-46-48-50-56(60)55(54-65-66(62,63)64-53-52-59(3,4)5)58-57(61)51-49-47-45-43-41-39-36-21-19-17-15-13-11-9-7-2/h40,42,48,50,55-56,60H,6-39,41,43-47,49,51-54H2,1-5H3,(H-,58,61,62,63)/b42-40+,50-48+. The van der Waals surface area contributed by atoms with Gasteiger partial charge in [0.25, 0.3) is 7.82 Å². The van der Waals surface area contributed by atoms with Crippen LogP contribution >= 0.6 is 7.82 Å². The van der Waals surface area contributed by atoms with Crippen LogP contribution in [0.1, 0.15) is 284 Å². The summed E-state index contributed by atoms with van der Waals surface area (Å²) >= 11 is 0. The second kappa shape index (κ2) is 49.0. The summed E-state index contributed by atoms with van der Waals surface area (Å²) in [6, 6.07) is -0.899. The number of hydrogen-bond donors (Lipinski definition) is 2. The number of carbonyl (C=O) groups is 1. The Bertz CT molecular complexity index is 1130. The largest absolute Gasteiger partial charge is 0.756 e. The highest BCUT2D eigenvalue weighted by Crippen LogP contribution is 2.38. The summed E-state index contributed by atoms with van der Waals surface area (Å²) in [5.41, 5.74) is 0. The first-order chi connectivity index (χ1) is 32.0. The summed E-state index contributed by atoms with van der Waals surface area (Å²) < 4.78 is 23.3. The lowest BCUT2D eigenvalue weighted by Crippen LogP contribution is -2.45. The van der Waals surface area contributed by atoms with Crippen molar-refractivity contribution in [1.82, 2.24) is 5.32 Å². The van der Waals surface area contributed by atoms with E-state index in [0.717, 1.165) is 38.5 Å². The molecule has 0 aromatic rings. The molecule has 8 nitrogen and oxygen atoms in total. The van der Waals surface area contributed by atoms with Crippen molar-refractivity contribution in [1.29, 1.82) is 0 Å². The fraction of sp³-hybridized carbons (Fsp3) is 0.912. The number of unbranched alkanes of at least 4 members (excludes halogenated alkanes) is 38. The Balaban J connectivity index is 4.16. The van der Waals surface area contributed by atoms with E-state index in [9.17, 15) is 19.4 Å². The van der Waals surface area contributed by atoms with Crippen LogP contribution in [0.3, 0.4) is 0 Å². The van der Waals surface area contributed by atoms with Gasteiger partial charge in [-0.25, -0.2) is 0 Å². The van der Waals surface area contributed by atoms with Crippen molar-refractivity contribution in [2.45, 2.75) is 296 Å². The molecule has 0 heterocycles. The molecule has 0 aliphatic rings. The van der Waals surface area contributed by atoms with Crippen LogP contribution < -0.4 is 10.2 Å². The van der Waals surface area contributed by atoms with Gasteiger partial charge in [-0.05, 0) is 32.1 Å². The molecule has 0 aliphatic heterocycles. The van der Waals surface area contributed by atoms with Gasteiger partial charge in [0.1, 0.15) is 13.2 Å². The number of nitrogens with zero attached hydrogens (tertiary/aromatic N) is 1. The summed E-state index contributed by atoms with van der Waals surface area (Å²) in [5.74, 6) is -0.203. The topological polar surface area (TPSA) is 108 Å². The zero-order valence-electron chi connectivity index (χ0n) is 44.7. The van der Waals surface area contributed by atoms with Gasteiger partial charge in [-0.1, -0.05) is 269 Å². The molecule has 0 spiro atoms. The van der Waals surface area contributed by atoms with Gasteiger partial charge >= 0.3 is 0 Å². The minimum Gasteiger partial charge on any atom is -0.756 e. The number of amides is 1. The number of phosphoric acid groups is 1. The smallest absolute Gasteiger partial charge is 0.268 e. The maximum Gasteiger partial charge on any atom is 0.268 e. The van der Waals surface area contributed by atoms with Crippen molar-refractivity contribution < 1.29 is 32.9 Å². The van der Waals surface area contributed by atoms with E-state index in [4.69, 9.17) is 9.05 Å². The number of rotatable bonds is 53. The Morgan fingerprint density at radius 1 is 0.515 bits per heavy atom. The fourth-order valence-corrected chi connectivity index (χ4v) is 9.37. The predicted molar refractivity (Wildman–Crippen MR) is 284 cm³/mol. The fourth-order valence-electron chi connectivity index (χ4n) is 8.64. The number of aliphatic hydroxyl groups excluding tert-OH is 1. The summed E-state index contributed by atoms with van der Waals surface area (Å²) in [7, 11) is 1.26. The van der Waals surface area contributed by atoms with E-state index >= 15 is 0 Å². The summed E-state index contributed by atoms with van der Waals surface area (Å²) in [5, 5.41) is 13.9. The van der Waals surface area contributed by atoms with E-state index < -0.39 is 20.0 Å². The number of nitrogens with one attached hydrogen (secondary N) is 1. The molecule has 0 aromatic carbocycles. The minimum atomic E-state index is -4.60. The van der Waals surface area contributed by atoms with Crippen LogP contribution in [-0.4, -0.2) is 68.5 Å². The number of allylic oxidation sites excluding steroid dienone is 3. The van der Waals surface area contributed by atoms with Crippen molar-refractivity contribution in [2.75, 3.05) is 40.9 Å². The molecule has 0 bridgehead atoms. The lowest BCUT2D eigenvalue weighted by Gasteiger charge is -2.29. The van der Waals surface area contributed by atoms with Gasteiger partial charge in [-0.3, -0.25) is 9.36 Å². The summed E-state index contributed by atoms with van der Waals surface area (Å²) in [6.07, 6.45) is 61.2. The highest BCUT2D eigenvalue weighted by atomic mass is 31.2. The highest BCUT2D eigenvalue weighted by Gasteiger charge is 2.23. The normalized spacial score (nSPS) is 14.1. The molecular formula is C57H113N2O6P. The van der Waals surface area contributed by atoms with Crippen molar-refractivity contribution in [3.63, 3.8) is 0 Å². The molecule has 0 radical (unpaired) electrons. The SMILES string of the molecule is CCCCCCCCCCCCCCCCCCCCCCCCC/C=C/CC/C=C/C(O)C(COP(=O)([O-])OCC[N+](C)(C)C)NC(=O)CCCCCCCCCCCCCCCCC. The van der Waals surface area contributed by atoms with E-state index in [1.165, 1.54) is 225 Å². The lowest BCUT2D eigenvalue weighted by molar-refractivity contribution is -0.870. The third kappa shape index (κ3) is 50.8. The van der Waals surface area contributed by atoms with Crippen molar-refractivity contribution in [2.24, 2.45) is 0 Å². The predicted octanol–water partition coefficient (Wildman–Crippen LogP) is 16.6. The number of aliphatic hydroxyl groups is 1. The third-order valence-corrected chi connectivity index (χ3v) is 14.1. The molecule has 1 amide bonds. The molecule has 0 rings (SSSR count). The van der Waals surface area contributed by atoms with Crippen molar-refractivity contribution in [3.05, 3.63) is 24.3 Å². The highest BCUT2D eigenvalue weighted by molar-refractivity contribution is 7.45. The van der Waals surface area contributed by atoms with Crippen molar-refractivity contribution in [3.8, 4) is 0 Å². The molecule has 3 unspecified atom stereocenters. The monoisotopic (exact) mass is 953 g/mol. The molecule has 0 fully saturated rings. The van der Waals surface area contributed by atoms with Crippen LogP contribution in [0.25, 0.3) is 0 Å². The minimum absolute atomic E-state index is 0.00385. The van der Waals surface area contributed by atoms with E-state index in [-0.39, 0.29) is 19.1 Å². The van der Waals surface area contributed by atoms with Gasteiger partial charge in [0.15, 0.2) is 0 Å². The Morgan fingerprint density at radius 2 is 0.848 bits per heavy atom. The van der Waals surface area contributed by atoms with E-state index in [1.807, 2.05) is 27.2 Å². The maximum atomic E-state index is 12.9. The number of likely N-dealkylation sites (N-methyl/N-ethyl adjacent to an activating group) is 1. The second-order valence-corrected chi connectivity index (χ2v) is 22.4.